The van der Waals surface area contributed by atoms with Crippen LogP contribution in [-0.4, -0.2) is 28.7 Å². The maximum Gasteiger partial charge on any atom is 0.415 e. The predicted octanol–water partition coefficient (Wildman–Crippen LogP) is 6.64. The number of nitrogens with two attached hydrogens (primary N) is 1. The standard InChI is InChI=1S/C18H21NO2.C14H15F3N2O/c1-12-3-2-4-14(9-12)18(19-11-13-5-6-13)16-10-15(20)7-8-17(16)21;1-9(14(15,16)17)6-13(10(2)20)19-12-5-3-4-11(7-12)8-18/h2-4,7-10,13,18-21H,5-6,11H2,1H3;3-7,19H,1,8,18H2,2H3/b;13-6-. The number of carbonyl (C=O) groups is 1. The van der Waals surface area contributed by atoms with Crippen LogP contribution in [0.1, 0.15) is 48.1 Å². The smallest absolute Gasteiger partial charge is 0.415 e. The van der Waals surface area contributed by atoms with Gasteiger partial charge in [0.1, 0.15) is 11.5 Å². The fraction of sp³-hybridized carbons (Fsp3) is 0.281. The number of phenols is 2. The van der Waals surface area contributed by atoms with E-state index in [-0.39, 0.29) is 23.2 Å². The molecule has 1 saturated carbocycles. The highest BCUT2D eigenvalue weighted by atomic mass is 19.4. The van der Waals surface area contributed by atoms with Crippen molar-refractivity contribution in [2.75, 3.05) is 11.9 Å². The lowest BCUT2D eigenvalue weighted by atomic mass is 9.96. The summed E-state index contributed by atoms with van der Waals surface area (Å²) in [5.41, 5.74) is 8.51. The summed E-state index contributed by atoms with van der Waals surface area (Å²) in [4.78, 5) is 11.4. The van der Waals surface area contributed by atoms with E-state index in [1.807, 2.05) is 6.07 Å². The molecule has 0 bridgehead atoms. The van der Waals surface area contributed by atoms with Crippen molar-refractivity contribution in [3.05, 3.63) is 113 Å². The zero-order valence-electron chi connectivity index (χ0n) is 23.1. The molecule has 0 saturated heterocycles. The number of hydrogen-bond acceptors (Lipinski definition) is 6. The van der Waals surface area contributed by atoms with Gasteiger partial charge in [-0.15, -0.1) is 0 Å². The topological polar surface area (TPSA) is 108 Å². The summed E-state index contributed by atoms with van der Waals surface area (Å²) in [7, 11) is 0. The molecular weight excluding hydrogens is 531 g/mol. The van der Waals surface area contributed by atoms with Crippen LogP contribution in [0, 0.1) is 12.8 Å². The molecule has 1 atom stereocenters. The number of benzene rings is 3. The maximum absolute atomic E-state index is 12.4. The molecule has 6 nitrogen and oxygen atoms in total. The number of alkyl halides is 3. The highest BCUT2D eigenvalue weighted by molar-refractivity contribution is 5.96. The Morgan fingerprint density at radius 1 is 1.10 bits per heavy atom. The fourth-order valence-electron chi connectivity index (χ4n) is 4.05. The van der Waals surface area contributed by atoms with E-state index >= 15 is 0 Å². The number of nitrogens with one attached hydrogen (secondary N) is 2. The molecule has 0 radical (unpaired) electrons. The number of aryl methyl sites for hydroxylation is 1. The molecule has 0 aromatic heterocycles. The Bertz CT molecular complexity index is 1400. The zero-order chi connectivity index (χ0) is 30.2. The molecule has 0 aliphatic heterocycles. The van der Waals surface area contributed by atoms with Crippen molar-refractivity contribution in [2.45, 2.75) is 45.5 Å². The average Bonchev–Trinajstić information content (AvgIpc) is 3.75. The highest BCUT2D eigenvalue weighted by Gasteiger charge is 2.31. The molecule has 1 aliphatic carbocycles. The van der Waals surface area contributed by atoms with Gasteiger partial charge in [0.05, 0.1) is 17.3 Å². The van der Waals surface area contributed by atoms with E-state index in [4.69, 9.17) is 5.73 Å². The van der Waals surface area contributed by atoms with Gasteiger partial charge in [-0.3, -0.25) is 4.79 Å². The average molecular weight is 568 g/mol. The van der Waals surface area contributed by atoms with Crippen LogP contribution in [0.15, 0.2) is 90.7 Å². The Morgan fingerprint density at radius 3 is 2.41 bits per heavy atom. The number of carbonyl (C=O) groups excluding carboxylic acids is 1. The van der Waals surface area contributed by atoms with Crippen molar-refractivity contribution in [1.29, 1.82) is 0 Å². The van der Waals surface area contributed by atoms with Gasteiger partial charge in [0, 0.05) is 24.7 Å². The SMILES string of the molecule is C=C(/C=C(\Nc1cccc(CN)c1)C(C)=O)C(F)(F)F.Cc1cccc(C(NCC2CC2)c2cc(O)ccc2O)c1. The van der Waals surface area contributed by atoms with Crippen molar-refractivity contribution in [2.24, 2.45) is 11.7 Å². The van der Waals surface area contributed by atoms with E-state index in [1.54, 1.807) is 36.4 Å². The van der Waals surface area contributed by atoms with E-state index in [9.17, 15) is 28.2 Å². The summed E-state index contributed by atoms with van der Waals surface area (Å²) in [6, 6.07) is 19.6. The molecule has 218 valence electrons. The van der Waals surface area contributed by atoms with E-state index in [0.29, 0.717) is 18.3 Å². The summed E-state index contributed by atoms with van der Waals surface area (Å²) in [6.45, 7) is 7.38. The molecular formula is C32H36F3N3O3. The highest BCUT2D eigenvalue weighted by Crippen LogP contribution is 2.34. The van der Waals surface area contributed by atoms with Crippen LogP contribution in [0.2, 0.25) is 0 Å². The number of anilines is 1. The van der Waals surface area contributed by atoms with E-state index in [2.05, 4.69) is 42.3 Å². The van der Waals surface area contributed by atoms with Gasteiger partial charge in [-0.05, 0) is 79.8 Å². The van der Waals surface area contributed by atoms with Crippen molar-refractivity contribution in [1.82, 2.24) is 5.32 Å². The predicted molar refractivity (Wildman–Crippen MR) is 155 cm³/mol. The molecule has 4 rings (SSSR count). The van der Waals surface area contributed by atoms with Gasteiger partial charge >= 0.3 is 6.18 Å². The van der Waals surface area contributed by atoms with Crippen LogP contribution >= 0.6 is 0 Å². The molecule has 3 aromatic rings. The molecule has 0 amide bonds. The summed E-state index contributed by atoms with van der Waals surface area (Å²) < 4.78 is 37.3. The first-order chi connectivity index (χ1) is 19.4. The molecule has 3 aromatic carbocycles. The summed E-state index contributed by atoms with van der Waals surface area (Å²) in [5.74, 6) is 0.613. The molecule has 0 heterocycles. The summed E-state index contributed by atoms with van der Waals surface area (Å²) >= 11 is 0. The first-order valence-corrected chi connectivity index (χ1v) is 13.2. The van der Waals surface area contributed by atoms with Gasteiger partial charge in [0.2, 0.25) is 0 Å². The molecule has 1 fully saturated rings. The number of rotatable bonds is 10. The second-order valence-electron chi connectivity index (χ2n) is 10.1. The number of aromatic hydroxyl groups is 2. The molecule has 1 unspecified atom stereocenters. The Balaban J connectivity index is 0.000000226. The summed E-state index contributed by atoms with van der Waals surface area (Å²) in [5, 5.41) is 26.1. The third-order valence-corrected chi connectivity index (χ3v) is 6.51. The number of Topliss-reactive ketones (excluding diaryl/α,β-unsaturated/α-hetero) is 1. The molecule has 41 heavy (non-hydrogen) atoms. The zero-order valence-corrected chi connectivity index (χ0v) is 23.1. The van der Waals surface area contributed by atoms with Crippen LogP contribution in [0.3, 0.4) is 0 Å². The van der Waals surface area contributed by atoms with E-state index in [1.165, 1.54) is 31.4 Å². The third-order valence-electron chi connectivity index (χ3n) is 6.51. The second-order valence-corrected chi connectivity index (χ2v) is 10.1. The Hall–Kier alpha value is -4.08. The number of phenolic OH excluding ortho intramolecular Hbond substituents is 2. The van der Waals surface area contributed by atoms with Gasteiger partial charge in [-0.2, -0.15) is 13.2 Å². The minimum absolute atomic E-state index is 0.0994. The molecule has 9 heteroatoms. The van der Waals surface area contributed by atoms with Crippen LogP contribution in [-0.2, 0) is 11.3 Å². The largest absolute Gasteiger partial charge is 0.508 e. The van der Waals surface area contributed by atoms with E-state index < -0.39 is 17.5 Å². The van der Waals surface area contributed by atoms with Crippen molar-refractivity contribution >= 4 is 11.5 Å². The number of hydrogen-bond donors (Lipinski definition) is 5. The first-order valence-electron chi connectivity index (χ1n) is 13.2. The normalized spacial score (nSPS) is 14.0. The number of halogens is 3. The minimum atomic E-state index is -4.57. The van der Waals surface area contributed by atoms with Crippen LogP contribution in [0.25, 0.3) is 0 Å². The van der Waals surface area contributed by atoms with Gasteiger partial charge in [0.25, 0.3) is 0 Å². The fourth-order valence-corrected chi connectivity index (χ4v) is 4.05. The Kier molecular flexibility index (Phi) is 10.7. The van der Waals surface area contributed by atoms with E-state index in [0.717, 1.165) is 29.2 Å². The van der Waals surface area contributed by atoms with Crippen molar-refractivity contribution < 1.29 is 28.2 Å². The minimum Gasteiger partial charge on any atom is -0.508 e. The van der Waals surface area contributed by atoms with Crippen molar-refractivity contribution in [3.63, 3.8) is 0 Å². The van der Waals surface area contributed by atoms with Gasteiger partial charge in [-0.25, -0.2) is 0 Å². The summed E-state index contributed by atoms with van der Waals surface area (Å²) in [6.07, 6.45) is -1.32. The van der Waals surface area contributed by atoms with Gasteiger partial charge < -0.3 is 26.6 Å². The Morgan fingerprint density at radius 2 is 1.80 bits per heavy atom. The quantitative estimate of drug-likeness (QED) is 0.107. The maximum atomic E-state index is 12.4. The van der Waals surface area contributed by atoms with Crippen molar-refractivity contribution in [3.8, 4) is 11.5 Å². The third kappa shape index (κ3) is 9.81. The van der Waals surface area contributed by atoms with Crippen LogP contribution < -0.4 is 16.4 Å². The van der Waals surface area contributed by atoms with Gasteiger partial charge in [-0.1, -0.05) is 48.5 Å². The molecule has 1 aliphatic rings. The number of ketones is 1. The lowest BCUT2D eigenvalue weighted by Gasteiger charge is -2.21. The molecule has 0 spiro atoms. The van der Waals surface area contributed by atoms with Gasteiger partial charge in [0.15, 0.2) is 5.78 Å². The first kappa shape index (κ1) is 31.4. The van der Waals surface area contributed by atoms with Crippen LogP contribution in [0.5, 0.6) is 11.5 Å². The number of allylic oxidation sites excluding steroid dienone is 3. The molecule has 6 N–H and O–H groups in total. The van der Waals surface area contributed by atoms with Crippen LogP contribution in [0.4, 0.5) is 18.9 Å². The lowest BCUT2D eigenvalue weighted by molar-refractivity contribution is -0.113. The second kappa shape index (κ2) is 14.0. The lowest BCUT2D eigenvalue weighted by Crippen LogP contribution is -2.24. The monoisotopic (exact) mass is 567 g/mol. The Labute approximate surface area is 238 Å².